The van der Waals surface area contributed by atoms with Gasteiger partial charge in [0.2, 0.25) is 0 Å². The lowest BCUT2D eigenvalue weighted by Crippen LogP contribution is -2.23. The van der Waals surface area contributed by atoms with E-state index in [1.165, 1.54) is 16.7 Å². The maximum Gasteiger partial charge on any atom is 0.101 e. The molecule has 0 aliphatic carbocycles. The normalized spacial score (nSPS) is 10.2. The zero-order valence-corrected chi connectivity index (χ0v) is 16.7. The highest BCUT2D eigenvalue weighted by Crippen LogP contribution is 2.41. The van der Waals surface area contributed by atoms with Gasteiger partial charge < -0.3 is 9.80 Å². The zero-order chi connectivity index (χ0) is 19.6. The van der Waals surface area contributed by atoms with E-state index in [2.05, 4.69) is 50.8 Å². The molecule has 0 amide bonds. The van der Waals surface area contributed by atoms with Crippen LogP contribution in [0, 0.1) is 50.4 Å². The second-order valence-corrected chi connectivity index (χ2v) is 6.76. The van der Waals surface area contributed by atoms with Crippen molar-refractivity contribution in [2.45, 2.75) is 34.6 Å². The fourth-order valence-corrected chi connectivity index (χ4v) is 3.54. The summed E-state index contributed by atoms with van der Waals surface area (Å²) >= 11 is 0. The molecule has 0 N–H and O–H groups in total. The van der Waals surface area contributed by atoms with E-state index in [1.54, 1.807) is 12.1 Å². The van der Waals surface area contributed by atoms with Crippen LogP contribution in [0.1, 0.15) is 40.3 Å². The maximum absolute atomic E-state index is 9.72. The predicted octanol–water partition coefficient (Wildman–Crippen LogP) is 4.89. The summed E-state index contributed by atoms with van der Waals surface area (Å²) < 4.78 is 0. The topological polar surface area (TPSA) is 54.1 Å². The Bertz CT molecular complexity index is 929. The summed E-state index contributed by atoms with van der Waals surface area (Å²) in [5, 5.41) is 19.3. The van der Waals surface area contributed by atoms with E-state index in [0.717, 1.165) is 29.2 Å². The number of aryl methyl sites for hydroxylation is 2. The second-order valence-electron chi connectivity index (χ2n) is 6.76. The molecule has 0 fully saturated rings. The van der Waals surface area contributed by atoms with Crippen molar-refractivity contribution in [1.29, 1.82) is 10.5 Å². The molecule has 0 saturated carbocycles. The number of rotatable bonds is 4. The third-order valence-corrected chi connectivity index (χ3v) is 5.23. The summed E-state index contributed by atoms with van der Waals surface area (Å²) in [5.41, 5.74) is 8.68. The Balaban J connectivity index is 2.87. The Morgan fingerprint density at radius 1 is 0.808 bits per heavy atom. The minimum absolute atomic E-state index is 0.568. The Hall–Kier alpha value is -2.98. The first-order chi connectivity index (χ1) is 12.3. The van der Waals surface area contributed by atoms with Crippen molar-refractivity contribution < 1.29 is 0 Å². The first-order valence-electron chi connectivity index (χ1n) is 8.77. The lowest BCUT2D eigenvalue weighted by Gasteiger charge is -2.31. The van der Waals surface area contributed by atoms with Crippen LogP contribution in [0.2, 0.25) is 0 Å². The highest BCUT2D eigenvalue weighted by molar-refractivity contribution is 5.87. The lowest BCUT2D eigenvalue weighted by molar-refractivity contribution is 0.958. The second kappa shape index (κ2) is 7.50. The molecule has 0 spiro atoms. The molecule has 2 rings (SSSR count). The van der Waals surface area contributed by atoms with Gasteiger partial charge in [-0.15, -0.1) is 0 Å². The van der Waals surface area contributed by atoms with Crippen LogP contribution in [0.5, 0.6) is 0 Å². The number of hydrogen-bond acceptors (Lipinski definition) is 4. The molecule has 26 heavy (non-hydrogen) atoms. The van der Waals surface area contributed by atoms with Crippen LogP contribution < -0.4 is 9.80 Å². The van der Waals surface area contributed by atoms with Crippen LogP contribution in [-0.2, 0) is 0 Å². The monoisotopic (exact) mass is 346 g/mol. The Morgan fingerprint density at radius 2 is 1.35 bits per heavy atom. The SMILES string of the molecule is CCN(C)c1c(C#N)ccc(C#N)c1N(C)c1c(C)cc(C)c(C)c1C. The third-order valence-electron chi connectivity index (χ3n) is 5.23. The highest BCUT2D eigenvalue weighted by Gasteiger charge is 2.23. The van der Waals surface area contributed by atoms with Crippen molar-refractivity contribution in [2.24, 2.45) is 0 Å². The molecule has 0 radical (unpaired) electrons. The molecular weight excluding hydrogens is 320 g/mol. The summed E-state index contributed by atoms with van der Waals surface area (Å²) in [5.74, 6) is 0. The molecule has 4 nitrogen and oxygen atoms in total. The zero-order valence-electron chi connectivity index (χ0n) is 16.7. The number of hydrogen-bond donors (Lipinski definition) is 0. The van der Waals surface area contributed by atoms with Gasteiger partial charge in [-0.3, -0.25) is 0 Å². The van der Waals surface area contributed by atoms with E-state index in [1.807, 2.05) is 25.9 Å². The maximum atomic E-state index is 9.72. The first-order valence-corrected chi connectivity index (χ1v) is 8.77. The predicted molar refractivity (Wildman–Crippen MR) is 108 cm³/mol. The minimum atomic E-state index is 0.568. The van der Waals surface area contributed by atoms with Gasteiger partial charge in [-0.2, -0.15) is 10.5 Å². The molecule has 0 bridgehead atoms. The van der Waals surface area contributed by atoms with Crippen LogP contribution in [0.3, 0.4) is 0 Å². The quantitative estimate of drug-likeness (QED) is 0.791. The minimum Gasteiger partial charge on any atom is -0.372 e. The molecule has 2 aromatic rings. The van der Waals surface area contributed by atoms with Gasteiger partial charge in [0.1, 0.15) is 12.1 Å². The molecular formula is C22H26N4. The Morgan fingerprint density at radius 3 is 1.85 bits per heavy atom. The molecule has 0 saturated heterocycles. The summed E-state index contributed by atoms with van der Waals surface area (Å²) in [6, 6.07) is 10.2. The molecule has 0 atom stereocenters. The fourth-order valence-electron chi connectivity index (χ4n) is 3.54. The average molecular weight is 346 g/mol. The van der Waals surface area contributed by atoms with E-state index in [4.69, 9.17) is 0 Å². The Labute approximate surface area is 156 Å². The van der Waals surface area contributed by atoms with Gasteiger partial charge in [0.05, 0.1) is 22.5 Å². The summed E-state index contributed by atoms with van der Waals surface area (Å²) in [7, 11) is 3.93. The van der Waals surface area contributed by atoms with Gasteiger partial charge in [-0.05, 0) is 69.0 Å². The van der Waals surface area contributed by atoms with Crippen LogP contribution >= 0.6 is 0 Å². The first kappa shape index (κ1) is 19.3. The molecule has 0 aliphatic heterocycles. The lowest BCUT2D eigenvalue weighted by atomic mass is 9.96. The van der Waals surface area contributed by atoms with Crippen molar-refractivity contribution in [3.63, 3.8) is 0 Å². The molecule has 2 aromatic carbocycles. The van der Waals surface area contributed by atoms with Crippen LogP contribution in [0.25, 0.3) is 0 Å². The van der Waals surface area contributed by atoms with Crippen LogP contribution in [0.15, 0.2) is 18.2 Å². The number of nitrogens with zero attached hydrogens (tertiary/aromatic N) is 4. The molecule has 134 valence electrons. The van der Waals surface area contributed by atoms with Gasteiger partial charge >= 0.3 is 0 Å². The van der Waals surface area contributed by atoms with E-state index >= 15 is 0 Å². The average Bonchev–Trinajstić information content (AvgIpc) is 2.63. The summed E-state index contributed by atoms with van der Waals surface area (Å²) in [6.45, 7) is 11.2. The van der Waals surface area contributed by atoms with Crippen LogP contribution in [0.4, 0.5) is 17.1 Å². The fraction of sp³-hybridized carbons (Fsp3) is 0.364. The van der Waals surface area contributed by atoms with E-state index in [-0.39, 0.29) is 0 Å². The van der Waals surface area contributed by atoms with E-state index < -0.39 is 0 Å². The van der Waals surface area contributed by atoms with Gasteiger partial charge in [0.15, 0.2) is 0 Å². The van der Waals surface area contributed by atoms with E-state index in [9.17, 15) is 10.5 Å². The molecule has 0 unspecified atom stereocenters. The van der Waals surface area contributed by atoms with Gasteiger partial charge in [0, 0.05) is 26.3 Å². The third kappa shape index (κ3) is 3.11. The van der Waals surface area contributed by atoms with Crippen molar-refractivity contribution in [3.05, 3.63) is 51.6 Å². The summed E-state index contributed by atoms with van der Waals surface area (Å²) in [6.07, 6.45) is 0. The van der Waals surface area contributed by atoms with Gasteiger partial charge in [-0.25, -0.2) is 0 Å². The van der Waals surface area contributed by atoms with Gasteiger partial charge in [-0.1, -0.05) is 6.07 Å². The standard InChI is InChI=1S/C22H26N4/c1-8-25(6)21-18(12-23)9-10-19(13-24)22(21)26(7)20-15(3)11-14(2)16(4)17(20)5/h9-11H,8H2,1-7H3. The van der Waals surface area contributed by atoms with E-state index in [0.29, 0.717) is 11.1 Å². The number of nitriles is 2. The molecule has 0 heterocycles. The largest absolute Gasteiger partial charge is 0.372 e. The highest BCUT2D eigenvalue weighted by atomic mass is 15.2. The number of benzene rings is 2. The van der Waals surface area contributed by atoms with Crippen molar-refractivity contribution in [2.75, 3.05) is 30.4 Å². The molecule has 0 aliphatic rings. The van der Waals surface area contributed by atoms with Crippen molar-refractivity contribution in [1.82, 2.24) is 0 Å². The molecule has 4 heteroatoms. The van der Waals surface area contributed by atoms with Crippen LogP contribution in [-0.4, -0.2) is 20.6 Å². The summed E-state index contributed by atoms with van der Waals surface area (Å²) in [4.78, 5) is 4.09. The molecule has 0 aromatic heterocycles. The smallest absolute Gasteiger partial charge is 0.101 e. The van der Waals surface area contributed by atoms with Crippen molar-refractivity contribution in [3.8, 4) is 12.1 Å². The number of anilines is 3. The Kier molecular flexibility index (Phi) is 5.58. The van der Waals surface area contributed by atoms with Crippen molar-refractivity contribution >= 4 is 17.1 Å². The van der Waals surface area contributed by atoms with Gasteiger partial charge in [0.25, 0.3) is 0 Å².